The van der Waals surface area contributed by atoms with Crippen LogP contribution >= 0.6 is 23.7 Å². The summed E-state index contributed by atoms with van der Waals surface area (Å²) in [5.74, 6) is -1.46. The summed E-state index contributed by atoms with van der Waals surface area (Å²) in [5, 5.41) is 10.9. The predicted molar refractivity (Wildman–Crippen MR) is 62.7 cm³/mol. The molecule has 0 aromatic rings. The average Bonchev–Trinajstić information content (AvgIpc) is 2.20. The van der Waals surface area contributed by atoms with Crippen LogP contribution in [0.3, 0.4) is 0 Å². The molecule has 100 valence electrons. The first-order valence-corrected chi connectivity index (χ1v) is 7.31. The van der Waals surface area contributed by atoms with E-state index in [9.17, 15) is 14.2 Å². The molecule has 0 unspecified atom stereocenters. The molecule has 0 heterocycles. The van der Waals surface area contributed by atoms with Gasteiger partial charge in [0, 0.05) is 19.6 Å². The molecule has 0 aromatic heterocycles. The normalized spacial score (nSPS) is 11.5. The number of hydrogen-bond donors (Lipinski definition) is 4. The van der Waals surface area contributed by atoms with Gasteiger partial charge in [-0.15, -0.1) is 0 Å². The molecule has 0 aliphatic carbocycles. The van der Waals surface area contributed by atoms with Crippen molar-refractivity contribution in [1.82, 2.24) is 9.99 Å². The van der Waals surface area contributed by atoms with Crippen LogP contribution in [0.15, 0.2) is 0 Å². The Morgan fingerprint density at radius 3 is 2.29 bits per heavy atom. The zero-order chi connectivity index (χ0) is 13.5. The number of alkyl halides is 1. The van der Waals surface area contributed by atoms with Crippen molar-refractivity contribution in [3.63, 3.8) is 0 Å². The number of amides is 1. The second-order valence-corrected chi connectivity index (χ2v) is 5.25. The summed E-state index contributed by atoms with van der Waals surface area (Å²) in [5.41, 5.74) is 0. The van der Waals surface area contributed by atoms with Gasteiger partial charge in [-0.05, 0) is 0 Å². The average molecular weight is 333 g/mol. The molecule has 17 heavy (non-hydrogen) atoms. The van der Waals surface area contributed by atoms with Crippen molar-refractivity contribution in [3.05, 3.63) is 0 Å². The predicted octanol–water partition coefficient (Wildman–Crippen LogP) is -0.633. The van der Waals surface area contributed by atoms with Crippen LogP contribution in [-0.2, 0) is 14.2 Å². The van der Waals surface area contributed by atoms with Gasteiger partial charge in [0.25, 0.3) is 0 Å². The van der Waals surface area contributed by atoms with Crippen LogP contribution in [0.25, 0.3) is 0 Å². The van der Waals surface area contributed by atoms with Crippen molar-refractivity contribution >= 4 is 35.6 Å². The highest BCUT2D eigenvalue weighted by Gasteiger charge is 2.25. The lowest BCUT2D eigenvalue weighted by molar-refractivity contribution is -0.137. The lowest BCUT2D eigenvalue weighted by Gasteiger charge is -2.22. The first kappa shape index (κ1) is 16.5. The lowest BCUT2D eigenvalue weighted by Crippen LogP contribution is -2.34. The SMILES string of the molecule is O=C(O)CCN(CCNC(=O)CBr)P(=O)(O)O. The van der Waals surface area contributed by atoms with Crippen LogP contribution in [0.4, 0.5) is 0 Å². The Labute approximate surface area is 106 Å². The van der Waals surface area contributed by atoms with Gasteiger partial charge in [0.15, 0.2) is 0 Å². The number of hydrogen-bond acceptors (Lipinski definition) is 3. The second-order valence-electron chi connectivity index (χ2n) is 3.09. The minimum absolute atomic E-state index is 0.0369. The summed E-state index contributed by atoms with van der Waals surface area (Å²) < 4.78 is 11.7. The van der Waals surface area contributed by atoms with Gasteiger partial charge < -0.3 is 20.2 Å². The Kier molecular flexibility index (Phi) is 7.56. The van der Waals surface area contributed by atoms with Gasteiger partial charge in [0.05, 0.1) is 11.8 Å². The van der Waals surface area contributed by atoms with Crippen LogP contribution in [0, 0.1) is 0 Å². The van der Waals surface area contributed by atoms with Gasteiger partial charge in [-0.2, -0.15) is 0 Å². The van der Waals surface area contributed by atoms with Crippen LogP contribution in [0.2, 0.25) is 0 Å². The van der Waals surface area contributed by atoms with Gasteiger partial charge in [0.2, 0.25) is 5.91 Å². The first-order chi connectivity index (χ1) is 7.77. The zero-order valence-electron chi connectivity index (χ0n) is 8.87. The van der Waals surface area contributed by atoms with E-state index in [2.05, 4.69) is 21.2 Å². The third-order valence-electron chi connectivity index (χ3n) is 1.77. The van der Waals surface area contributed by atoms with E-state index in [-0.39, 0.29) is 37.3 Å². The Hall–Kier alpha value is -0.470. The molecule has 0 aliphatic heterocycles. The number of nitrogens with one attached hydrogen (secondary N) is 1. The van der Waals surface area contributed by atoms with Crippen LogP contribution in [0.5, 0.6) is 0 Å². The maximum Gasteiger partial charge on any atom is 0.403 e. The number of carbonyl (C=O) groups excluding carboxylic acids is 1. The molecule has 10 heteroatoms. The number of halogens is 1. The van der Waals surface area contributed by atoms with Crippen molar-refractivity contribution in [1.29, 1.82) is 0 Å². The summed E-state index contributed by atoms with van der Waals surface area (Å²) in [6.07, 6.45) is -0.377. The van der Waals surface area contributed by atoms with Crippen molar-refractivity contribution in [2.45, 2.75) is 6.42 Å². The van der Waals surface area contributed by atoms with Crippen LogP contribution in [-0.4, -0.2) is 56.4 Å². The molecule has 0 fully saturated rings. The van der Waals surface area contributed by atoms with E-state index in [0.717, 1.165) is 4.67 Å². The topological polar surface area (TPSA) is 127 Å². The van der Waals surface area contributed by atoms with E-state index in [1.54, 1.807) is 0 Å². The molecule has 4 N–H and O–H groups in total. The van der Waals surface area contributed by atoms with Gasteiger partial charge in [0.1, 0.15) is 0 Å². The largest absolute Gasteiger partial charge is 0.481 e. The number of carbonyl (C=O) groups is 2. The maximum absolute atomic E-state index is 11.0. The van der Waals surface area contributed by atoms with Gasteiger partial charge in [-0.25, -0.2) is 9.24 Å². The molecule has 0 atom stereocenters. The van der Waals surface area contributed by atoms with Crippen LogP contribution < -0.4 is 5.32 Å². The lowest BCUT2D eigenvalue weighted by atomic mass is 10.4. The quantitative estimate of drug-likeness (QED) is 0.344. The van der Waals surface area contributed by atoms with E-state index in [1.165, 1.54) is 0 Å². The van der Waals surface area contributed by atoms with E-state index < -0.39 is 13.7 Å². The second kappa shape index (κ2) is 7.78. The van der Waals surface area contributed by atoms with E-state index >= 15 is 0 Å². The summed E-state index contributed by atoms with van der Waals surface area (Å²) in [4.78, 5) is 39.0. The number of aliphatic carboxylic acids is 1. The molecule has 0 spiro atoms. The number of nitrogens with zero attached hydrogens (tertiary/aromatic N) is 1. The van der Waals surface area contributed by atoms with Gasteiger partial charge in [-0.1, -0.05) is 15.9 Å². The standard InChI is InChI=1S/C7H14BrN2O6P/c8-5-6(11)9-2-4-10(17(14,15)16)3-1-7(12)13/h1-5H2,(H,9,11)(H,12,13)(H2,14,15,16). The van der Waals surface area contributed by atoms with E-state index in [0.29, 0.717) is 0 Å². The molecule has 0 bridgehead atoms. The molecule has 0 radical (unpaired) electrons. The molecule has 1 amide bonds. The fourth-order valence-electron chi connectivity index (χ4n) is 0.969. The maximum atomic E-state index is 11.0. The van der Waals surface area contributed by atoms with Gasteiger partial charge in [-0.3, -0.25) is 9.59 Å². The Morgan fingerprint density at radius 1 is 1.29 bits per heavy atom. The smallest absolute Gasteiger partial charge is 0.403 e. The van der Waals surface area contributed by atoms with Crippen molar-refractivity contribution in [2.75, 3.05) is 25.0 Å². The number of rotatable bonds is 8. The van der Waals surface area contributed by atoms with E-state index in [4.69, 9.17) is 14.9 Å². The molecular formula is C7H14BrN2O6P. The van der Waals surface area contributed by atoms with Crippen molar-refractivity contribution in [3.8, 4) is 0 Å². The monoisotopic (exact) mass is 332 g/mol. The fourth-order valence-corrected chi connectivity index (χ4v) is 1.89. The van der Waals surface area contributed by atoms with Crippen molar-refractivity contribution in [2.24, 2.45) is 0 Å². The molecule has 0 aromatic carbocycles. The fraction of sp³-hybridized carbons (Fsp3) is 0.714. The van der Waals surface area contributed by atoms with E-state index in [1.807, 2.05) is 0 Å². The Morgan fingerprint density at radius 2 is 1.88 bits per heavy atom. The third-order valence-corrected chi connectivity index (χ3v) is 3.41. The highest BCUT2D eigenvalue weighted by Crippen LogP contribution is 2.39. The van der Waals surface area contributed by atoms with Crippen molar-refractivity contribution < 1.29 is 29.0 Å². The molecule has 8 nitrogen and oxygen atoms in total. The minimum Gasteiger partial charge on any atom is -0.481 e. The Bertz CT molecular complexity index is 319. The summed E-state index contributed by atoms with van der Waals surface area (Å²) in [7, 11) is -4.49. The summed E-state index contributed by atoms with van der Waals surface area (Å²) in [6.45, 7) is -0.352. The zero-order valence-corrected chi connectivity index (χ0v) is 11.4. The summed E-state index contributed by atoms with van der Waals surface area (Å²) in [6, 6.07) is 0. The first-order valence-electron chi connectivity index (χ1n) is 4.62. The third kappa shape index (κ3) is 8.28. The highest BCUT2D eigenvalue weighted by molar-refractivity contribution is 9.09. The highest BCUT2D eigenvalue weighted by atomic mass is 79.9. The minimum atomic E-state index is -4.49. The molecule has 0 saturated heterocycles. The molecule has 0 rings (SSSR count). The number of carboxylic acid groups (broad SMARTS) is 1. The van der Waals surface area contributed by atoms with Crippen LogP contribution in [0.1, 0.15) is 6.42 Å². The summed E-state index contributed by atoms with van der Waals surface area (Å²) >= 11 is 2.91. The molecule has 0 saturated carbocycles. The van der Waals surface area contributed by atoms with Gasteiger partial charge >= 0.3 is 13.7 Å². The Balaban J connectivity index is 4.17. The number of carboxylic acids is 1. The molecular weight excluding hydrogens is 319 g/mol. The molecule has 0 aliphatic rings.